The summed E-state index contributed by atoms with van der Waals surface area (Å²) in [6, 6.07) is 14.7. The molecule has 2 aromatic carbocycles. The number of hydrogen-bond acceptors (Lipinski definition) is 5. The van der Waals surface area contributed by atoms with E-state index >= 15 is 0 Å². The number of carbonyl (C=O) groups is 2. The maximum absolute atomic E-state index is 13.2. The number of ether oxygens (including phenoxy) is 2. The highest BCUT2D eigenvalue weighted by Crippen LogP contribution is 2.44. The lowest BCUT2D eigenvalue weighted by atomic mass is 9.98. The number of benzene rings is 2. The molecule has 1 atom stereocenters. The second-order valence-corrected chi connectivity index (χ2v) is 8.64. The largest absolute Gasteiger partial charge is 0.480 e. The zero-order valence-corrected chi connectivity index (χ0v) is 18.7. The number of nitrogens with zero attached hydrogens (tertiary/aromatic N) is 1. The molecule has 0 radical (unpaired) electrons. The third-order valence-electron chi connectivity index (χ3n) is 6.29. The molecule has 9 heteroatoms. The number of carboxylic acid groups (broad SMARTS) is 1. The third-order valence-corrected chi connectivity index (χ3v) is 6.29. The number of carbonyl (C=O) groups excluding carboxylic acids is 1. The Hall–Kier alpha value is -3.04. The number of nitrogens with one attached hydrogen (secondary N) is 1. The number of alkyl carbamates (subject to hydrolysis) is 1. The van der Waals surface area contributed by atoms with Gasteiger partial charge in [0.05, 0.1) is 13.2 Å². The highest BCUT2D eigenvalue weighted by atomic mass is 19.3. The van der Waals surface area contributed by atoms with Crippen molar-refractivity contribution in [3.05, 3.63) is 59.7 Å². The normalized spacial score (nSPS) is 17.7. The molecule has 7 nitrogen and oxygen atoms in total. The van der Waals surface area contributed by atoms with E-state index in [2.05, 4.69) is 5.32 Å². The van der Waals surface area contributed by atoms with E-state index in [4.69, 9.17) is 9.47 Å². The molecule has 4 rings (SSSR count). The van der Waals surface area contributed by atoms with Gasteiger partial charge >= 0.3 is 12.1 Å². The highest BCUT2D eigenvalue weighted by molar-refractivity contribution is 5.81. The van der Waals surface area contributed by atoms with Crippen LogP contribution in [0, 0.1) is 0 Å². The van der Waals surface area contributed by atoms with E-state index in [9.17, 15) is 23.5 Å². The van der Waals surface area contributed by atoms with Gasteiger partial charge in [-0.05, 0) is 22.3 Å². The molecule has 0 spiro atoms. The summed E-state index contributed by atoms with van der Waals surface area (Å²) in [5, 5.41) is 11.8. The van der Waals surface area contributed by atoms with Crippen molar-refractivity contribution in [1.82, 2.24) is 10.2 Å². The molecule has 1 amide bonds. The van der Waals surface area contributed by atoms with E-state index in [-0.39, 0.29) is 45.1 Å². The number of fused-ring (bicyclic) bond motifs is 3. The standard InChI is InChI=1S/C25H28F2N2O5/c26-25(27)10-11-29(16-25)12-14-33-13-9-22(23(30)31)28-24(32)34-15-21-19-7-3-1-5-17(19)18-6-2-4-8-20(18)21/h1-8,21-22H,9-16H2,(H,28,32)(H,30,31)/t22-/m0/s1. The third kappa shape index (κ3) is 5.71. The van der Waals surface area contributed by atoms with Gasteiger partial charge in [-0.2, -0.15) is 0 Å². The van der Waals surface area contributed by atoms with Gasteiger partial charge in [-0.1, -0.05) is 48.5 Å². The molecular formula is C25H28F2N2O5. The summed E-state index contributed by atoms with van der Waals surface area (Å²) in [6.07, 6.45) is -0.929. The van der Waals surface area contributed by atoms with Gasteiger partial charge in [0.25, 0.3) is 5.92 Å². The lowest BCUT2D eigenvalue weighted by molar-refractivity contribution is -0.139. The van der Waals surface area contributed by atoms with Crippen LogP contribution in [0.2, 0.25) is 0 Å². The van der Waals surface area contributed by atoms with Crippen molar-refractivity contribution in [2.45, 2.75) is 30.7 Å². The Labute approximate surface area is 196 Å². The van der Waals surface area contributed by atoms with Crippen molar-refractivity contribution in [1.29, 1.82) is 0 Å². The lowest BCUT2D eigenvalue weighted by Gasteiger charge is -2.18. The molecule has 2 N–H and O–H groups in total. The Morgan fingerprint density at radius 3 is 2.32 bits per heavy atom. The Morgan fingerprint density at radius 1 is 1.09 bits per heavy atom. The van der Waals surface area contributed by atoms with Crippen LogP contribution in [0.15, 0.2) is 48.5 Å². The maximum Gasteiger partial charge on any atom is 0.407 e. The van der Waals surface area contributed by atoms with Crippen LogP contribution in [0.5, 0.6) is 0 Å². The molecule has 182 valence electrons. The first-order valence-electron chi connectivity index (χ1n) is 11.4. The van der Waals surface area contributed by atoms with E-state index in [1.807, 2.05) is 48.5 Å². The second-order valence-electron chi connectivity index (χ2n) is 8.64. The summed E-state index contributed by atoms with van der Waals surface area (Å²) >= 11 is 0. The highest BCUT2D eigenvalue weighted by Gasteiger charge is 2.37. The smallest absolute Gasteiger partial charge is 0.407 e. The zero-order chi connectivity index (χ0) is 24.1. The van der Waals surface area contributed by atoms with Gasteiger partial charge in [0.1, 0.15) is 12.6 Å². The summed E-state index contributed by atoms with van der Waals surface area (Å²) in [4.78, 5) is 25.5. The van der Waals surface area contributed by atoms with Gasteiger partial charge in [0, 0.05) is 38.5 Å². The van der Waals surface area contributed by atoms with Crippen LogP contribution < -0.4 is 5.32 Å². The van der Waals surface area contributed by atoms with E-state index < -0.39 is 24.0 Å². The number of halogens is 2. The molecule has 1 fully saturated rings. The number of likely N-dealkylation sites (tertiary alicyclic amines) is 1. The summed E-state index contributed by atoms with van der Waals surface area (Å²) in [5.41, 5.74) is 4.33. The predicted molar refractivity (Wildman–Crippen MR) is 121 cm³/mol. The quantitative estimate of drug-likeness (QED) is 0.511. The maximum atomic E-state index is 13.2. The Morgan fingerprint density at radius 2 is 1.74 bits per heavy atom. The Bertz CT molecular complexity index is 986. The van der Waals surface area contributed by atoms with Gasteiger partial charge in [0.15, 0.2) is 0 Å². The summed E-state index contributed by atoms with van der Waals surface area (Å²) in [7, 11) is 0. The summed E-state index contributed by atoms with van der Waals surface area (Å²) in [5.74, 6) is -3.97. The van der Waals surface area contributed by atoms with Crippen molar-refractivity contribution in [3.63, 3.8) is 0 Å². The molecule has 0 unspecified atom stereocenters. The topological polar surface area (TPSA) is 88.1 Å². The molecule has 0 saturated carbocycles. The molecule has 2 aromatic rings. The van der Waals surface area contributed by atoms with Gasteiger partial charge < -0.3 is 19.9 Å². The summed E-state index contributed by atoms with van der Waals surface area (Å²) in [6.45, 7) is 0.767. The molecule has 1 aliphatic heterocycles. The lowest BCUT2D eigenvalue weighted by Crippen LogP contribution is -2.42. The average molecular weight is 475 g/mol. The van der Waals surface area contributed by atoms with Crippen LogP contribution in [0.25, 0.3) is 11.1 Å². The monoisotopic (exact) mass is 474 g/mol. The van der Waals surface area contributed by atoms with E-state index in [0.717, 1.165) is 22.3 Å². The molecule has 2 aliphatic rings. The van der Waals surface area contributed by atoms with Crippen molar-refractivity contribution in [2.24, 2.45) is 0 Å². The number of alkyl halides is 2. The minimum absolute atomic E-state index is 0.0374. The van der Waals surface area contributed by atoms with Gasteiger partial charge in [-0.15, -0.1) is 0 Å². The molecule has 1 saturated heterocycles. The second kappa shape index (κ2) is 10.5. The van der Waals surface area contributed by atoms with Crippen LogP contribution in [0.3, 0.4) is 0 Å². The molecule has 34 heavy (non-hydrogen) atoms. The fraction of sp³-hybridized carbons (Fsp3) is 0.440. The fourth-order valence-corrected chi connectivity index (χ4v) is 4.53. The first-order valence-corrected chi connectivity index (χ1v) is 11.4. The zero-order valence-electron chi connectivity index (χ0n) is 18.7. The first-order chi connectivity index (χ1) is 16.3. The van der Waals surface area contributed by atoms with Gasteiger partial charge in [0.2, 0.25) is 0 Å². The number of amides is 1. The molecule has 1 aliphatic carbocycles. The fourth-order valence-electron chi connectivity index (χ4n) is 4.53. The van der Waals surface area contributed by atoms with Crippen LogP contribution in [-0.4, -0.2) is 73.5 Å². The van der Waals surface area contributed by atoms with E-state index in [1.54, 1.807) is 4.90 Å². The van der Waals surface area contributed by atoms with Crippen molar-refractivity contribution >= 4 is 12.1 Å². The van der Waals surface area contributed by atoms with Crippen LogP contribution in [-0.2, 0) is 14.3 Å². The summed E-state index contributed by atoms with van der Waals surface area (Å²) < 4.78 is 37.2. The Kier molecular flexibility index (Phi) is 7.43. The van der Waals surface area contributed by atoms with Crippen molar-refractivity contribution < 1.29 is 33.0 Å². The number of carboxylic acids is 1. The molecule has 1 heterocycles. The molecular weight excluding hydrogens is 446 g/mol. The van der Waals surface area contributed by atoms with Gasteiger partial charge in [-0.25, -0.2) is 18.4 Å². The number of aliphatic carboxylic acids is 1. The van der Waals surface area contributed by atoms with Crippen LogP contribution in [0.4, 0.5) is 13.6 Å². The van der Waals surface area contributed by atoms with Crippen molar-refractivity contribution in [2.75, 3.05) is 39.5 Å². The van der Waals surface area contributed by atoms with Crippen LogP contribution >= 0.6 is 0 Å². The Balaban J connectivity index is 1.23. The average Bonchev–Trinajstić information content (AvgIpc) is 3.33. The van der Waals surface area contributed by atoms with Crippen LogP contribution in [0.1, 0.15) is 29.9 Å². The first kappa shape index (κ1) is 24.1. The molecule has 0 aromatic heterocycles. The minimum Gasteiger partial charge on any atom is -0.480 e. The van der Waals surface area contributed by atoms with E-state index in [0.29, 0.717) is 13.1 Å². The van der Waals surface area contributed by atoms with Crippen molar-refractivity contribution in [3.8, 4) is 11.1 Å². The number of hydrogen-bond donors (Lipinski definition) is 2. The number of rotatable bonds is 10. The van der Waals surface area contributed by atoms with E-state index in [1.165, 1.54) is 0 Å². The molecule has 0 bridgehead atoms. The minimum atomic E-state index is -2.65. The SMILES string of the molecule is O=C(N[C@@H](CCOCCN1CCC(F)(F)C1)C(=O)O)OCC1c2ccccc2-c2ccccc21. The van der Waals surface area contributed by atoms with Gasteiger partial charge in [-0.3, -0.25) is 4.90 Å². The predicted octanol–water partition coefficient (Wildman–Crippen LogP) is 3.73.